The lowest BCUT2D eigenvalue weighted by molar-refractivity contribution is 0.596. The minimum absolute atomic E-state index is 0.101. The van der Waals surface area contributed by atoms with Crippen LogP contribution in [0.25, 0.3) is 45.4 Å². The minimum atomic E-state index is -3.83. The zero-order valence-electron chi connectivity index (χ0n) is 16.9. The van der Waals surface area contributed by atoms with Crippen LogP contribution in [0, 0.1) is 0 Å². The molecule has 0 spiro atoms. The molecule has 0 N–H and O–H groups in total. The quantitative estimate of drug-likeness (QED) is 0.369. The van der Waals surface area contributed by atoms with Gasteiger partial charge in [-0.1, -0.05) is 12.1 Å². The van der Waals surface area contributed by atoms with Gasteiger partial charge in [0.1, 0.15) is 22.4 Å². The number of benzene rings is 2. The van der Waals surface area contributed by atoms with Crippen molar-refractivity contribution in [3.63, 3.8) is 0 Å². The Morgan fingerprint density at radius 3 is 1.52 bits per heavy atom. The van der Waals surface area contributed by atoms with Crippen molar-refractivity contribution < 1.29 is 17.3 Å². The van der Waals surface area contributed by atoms with Gasteiger partial charge in [-0.2, -0.15) is 0 Å². The van der Waals surface area contributed by atoms with E-state index in [-0.39, 0.29) is 9.79 Å². The predicted octanol–water partition coefficient (Wildman–Crippen LogP) is 4.93. The van der Waals surface area contributed by atoms with Crippen molar-refractivity contribution in [2.75, 3.05) is 0 Å². The molecule has 0 bridgehead atoms. The highest BCUT2D eigenvalue weighted by Gasteiger charge is 2.21. The van der Waals surface area contributed by atoms with Gasteiger partial charge >= 0.3 is 0 Å². The van der Waals surface area contributed by atoms with Gasteiger partial charge in [0, 0.05) is 12.4 Å². The third-order valence-electron chi connectivity index (χ3n) is 5.11. The van der Waals surface area contributed by atoms with E-state index < -0.39 is 9.84 Å². The Morgan fingerprint density at radius 1 is 0.606 bits per heavy atom. The number of pyridine rings is 2. The summed E-state index contributed by atoms with van der Waals surface area (Å²) in [6, 6.07) is 19.9. The van der Waals surface area contributed by atoms with E-state index in [1.165, 1.54) is 24.3 Å². The van der Waals surface area contributed by atoms with Gasteiger partial charge in [0.05, 0.1) is 9.79 Å². The van der Waals surface area contributed by atoms with Gasteiger partial charge in [0.15, 0.2) is 11.2 Å². The van der Waals surface area contributed by atoms with E-state index in [4.69, 9.17) is 8.83 Å². The monoisotopic (exact) mass is 454 g/mol. The molecule has 6 rings (SSSR count). The number of nitrogens with zero attached hydrogens (tertiary/aromatic N) is 4. The van der Waals surface area contributed by atoms with Gasteiger partial charge in [0.2, 0.25) is 21.6 Å². The number of oxazole rings is 2. The third kappa shape index (κ3) is 3.35. The maximum absolute atomic E-state index is 13.3. The minimum Gasteiger partial charge on any atom is -0.435 e. The second kappa shape index (κ2) is 7.35. The largest absolute Gasteiger partial charge is 0.435 e. The molecule has 0 amide bonds. The van der Waals surface area contributed by atoms with Gasteiger partial charge in [-0.25, -0.2) is 18.4 Å². The number of aromatic nitrogens is 4. The fraction of sp³-hybridized carbons (Fsp3) is 0. The van der Waals surface area contributed by atoms with Gasteiger partial charge in [-0.05, 0) is 60.7 Å². The molecule has 0 aliphatic heterocycles. The molecule has 6 aromatic rings. The molecule has 0 radical (unpaired) electrons. The van der Waals surface area contributed by atoms with Crippen molar-refractivity contribution in [3.05, 3.63) is 85.2 Å². The molecule has 9 heteroatoms. The summed E-state index contributed by atoms with van der Waals surface area (Å²) < 4.78 is 38.1. The van der Waals surface area contributed by atoms with Crippen LogP contribution in [0.1, 0.15) is 0 Å². The predicted molar refractivity (Wildman–Crippen MR) is 120 cm³/mol. The van der Waals surface area contributed by atoms with Gasteiger partial charge in [-0.15, -0.1) is 0 Å². The van der Waals surface area contributed by atoms with E-state index >= 15 is 0 Å². The summed E-state index contributed by atoms with van der Waals surface area (Å²) in [5.41, 5.74) is 2.94. The number of hydrogen-bond donors (Lipinski definition) is 0. The van der Waals surface area contributed by atoms with E-state index in [0.717, 1.165) is 0 Å². The molecule has 2 aromatic carbocycles. The number of rotatable bonds is 4. The Bertz CT molecular complexity index is 1600. The third-order valence-corrected chi connectivity index (χ3v) is 6.86. The van der Waals surface area contributed by atoms with Crippen molar-refractivity contribution in [2.24, 2.45) is 0 Å². The highest BCUT2D eigenvalue weighted by atomic mass is 32.2. The number of hydrogen-bond acceptors (Lipinski definition) is 8. The van der Waals surface area contributed by atoms with E-state index in [9.17, 15) is 8.42 Å². The lowest BCUT2D eigenvalue weighted by atomic mass is 10.3. The molecule has 0 saturated heterocycles. The first-order chi connectivity index (χ1) is 16.1. The zero-order chi connectivity index (χ0) is 22.4. The molecule has 8 nitrogen and oxygen atoms in total. The Hall–Kier alpha value is -4.37. The van der Waals surface area contributed by atoms with E-state index in [2.05, 4.69) is 19.9 Å². The van der Waals surface area contributed by atoms with Gasteiger partial charge in [0.25, 0.3) is 0 Å². The Balaban J connectivity index is 1.40. The first-order valence-corrected chi connectivity index (χ1v) is 11.5. The number of fused-ring (bicyclic) bond motifs is 2. The normalized spacial score (nSPS) is 11.9. The summed E-state index contributed by atoms with van der Waals surface area (Å²) in [7, 11) is -3.83. The van der Waals surface area contributed by atoms with Crippen molar-refractivity contribution in [2.45, 2.75) is 9.79 Å². The van der Waals surface area contributed by atoms with Crippen molar-refractivity contribution in [1.29, 1.82) is 0 Å². The van der Waals surface area contributed by atoms with Crippen LogP contribution in [0.4, 0.5) is 0 Å². The Labute approximate surface area is 187 Å². The van der Waals surface area contributed by atoms with Crippen molar-refractivity contribution in [1.82, 2.24) is 19.9 Å². The first-order valence-electron chi connectivity index (χ1n) is 9.97. The van der Waals surface area contributed by atoms with Crippen LogP contribution in [-0.4, -0.2) is 28.4 Å². The SMILES string of the molecule is O=S(=O)(c1ccc2oc(-c3ccccn3)nc2c1)c1ccc2oc(-c3ccccn3)nc2c1. The fourth-order valence-electron chi connectivity index (χ4n) is 3.48. The summed E-state index contributed by atoms with van der Waals surface area (Å²) in [4.78, 5) is 17.5. The fourth-order valence-corrected chi connectivity index (χ4v) is 4.78. The van der Waals surface area contributed by atoms with Crippen LogP contribution in [-0.2, 0) is 9.84 Å². The van der Waals surface area contributed by atoms with Gasteiger partial charge in [-0.3, -0.25) is 9.97 Å². The zero-order valence-corrected chi connectivity index (χ0v) is 17.7. The van der Waals surface area contributed by atoms with Crippen LogP contribution in [0.3, 0.4) is 0 Å². The molecule has 4 aromatic heterocycles. The molecule has 4 heterocycles. The molecular formula is C24H14N4O4S. The van der Waals surface area contributed by atoms with E-state index in [1.807, 2.05) is 12.1 Å². The summed E-state index contributed by atoms with van der Waals surface area (Å²) in [6.07, 6.45) is 3.28. The summed E-state index contributed by atoms with van der Waals surface area (Å²) in [6.45, 7) is 0. The van der Waals surface area contributed by atoms with Crippen LogP contribution >= 0.6 is 0 Å². The molecule has 0 saturated carbocycles. The Morgan fingerprint density at radius 2 is 1.09 bits per heavy atom. The highest BCUT2D eigenvalue weighted by Crippen LogP contribution is 2.30. The average molecular weight is 454 g/mol. The van der Waals surface area contributed by atoms with E-state index in [0.29, 0.717) is 45.4 Å². The average Bonchev–Trinajstić information content (AvgIpc) is 3.48. The summed E-state index contributed by atoms with van der Waals surface area (Å²) >= 11 is 0. The second-order valence-corrected chi connectivity index (χ2v) is 9.18. The maximum atomic E-state index is 13.3. The maximum Gasteiger partial charge on any atom is 0.246 e. The molecule has 33 heavy (non-hydrogen) atoms. The second-order valence-electron chi connectivity index (χ2n) is 7.23. The summed E-state index contributed by atoms with van der Waals surface area (Å²) in [5, 5.41) is 0. The van der Waals surface area contributed by atoms with Crippen molar-refractivity contribution >= 4 is 32.0 Å². The molecule has 0 atom stereocenters. The number of sulfone groups is 1. The topological polar surface area (TPSA) is 112 Å². The van der Waals surface area contributed by atoms with Crippen LogP contribution in [0.15, 0.2) is 104 Å². The lowest BCUT2D eigenvalue weighted by Gasteiger charge is -2.04. The van der Waals surface area contributed by atoms with Crippen LogP contribution in [0.2, 0.25) is 0 Å². The lowest BCUT2D eigenvalue weighted by Crippen LogP contribution is -2.01. The molecule has 0 aliphatic rings. The molecule has 160 valence electrons. The van der Waals surface area contributed by atoms with Crippen molar-refractivity contribution in [3.8, 4) is 23.2 Å². The summed E-state index contributed by atoms with van der Waals surface area (Å²) in [5.74, 6) is 0.650. The molecule has 0 aliphatic carbocycles. The molecule has 0 fully saturated rings. The van der Waals surface area contributed by atoms with Gasteiger partial charge < -0.3 is 8.83 Å². The smallest absolute Gasteiger partial charge is 0.246 e. The standard InChI is InChI=1S/C24H14N4O4S/c29-33(30,15-7-9-21-19(13-15)27-23(31-21)17-5-1-3-11-25-17)16-8-10-22-20(14-16)28-24(32-22)18-6-2-4-12-26-18/h1-14H. The first kappa shape index (κ1) is 19.3. The Kier molecular flexibility index (Phi) is 4.30. The molecule has 0 unspecified atom stereocenters. The van der Waals surface area contributed by atoms with Crippen LogP contribution in [0.5, 0.6) is 0 Å². The van der Waals surface area contributed by atoms with Crippen LogP contribution < -0.4 is 0 Å². The molecular weight excluding hydrogens is 440 g/mol. The highest BCUT2D eigenvalue weighted by molar-refractivity contribution is 7.91. The van der Waals surface area contributed by atoms with E-state index in [1.54, 1.807) is 48.8 Å².